The molecule has 0 aromatic rings. The van der Waals surface area contributed by atoms with E-state index in [0.29, 0.717) is 6.61 Å². The van der Waals surface area contributed by atoms with Crippen molar-refractivity contribution in [3.05, 3.63) is 0 Å². The second-order valence-electron chi connectivity index (χ2n) is 2.60. The van der Waals surface area contributed by atoms with Gasteiger partial charge in [-0.05, 0) is 12.8 Å². The van der Waals surface area contributed by atoms with Crippen LogP contribution < -0.4 is 5.73 Å². The van der Waals surface area contributed by atoms with E-state index in [4.69, 9.17) is 10.5 Å². The number of carbonyl (C=O) groups is 1. The standard InChI is InChI=1S/C7H13NO3/c1-10-7(9)6(8)5-3-2-4-11-5/h5-6H,2-4,8H2,1H3. The highest BCUT2D eigenvalue weighted by molar-refractivity contribution is 5.76. The summed E-state index contributed by atoms with van der Waals surface area (Å²) in [4.78, 5) is 10.9. The lowest BCUT2D eigenvalue weighted by Gasteiger charge is -2.15. The van der Waals surface area contributed by atoms with Crippen LogP contribution in [0.2, 0.25) is 0 Å². The third-order valence-corrected chi connectivity index (χ3v) is 1.84. The van der Waals surface area contributed by atoms with E-state index in [1.165, 1.54) is 7.11 Å². The Morgan fingerprint density at radius 2 is 2.55 bits per heavy atom. The van der Waals surface area contributed by atoms with Gasteiger partial charge in [-0.15, -0.1) is 0 Å². The topological polar surface area (TPSA) is 61.5 Å². The van der Waals surface area contributed by atoms with Crippen LogP contribution in [-0.2, 0) is 14.3 Å². The Kier molecular flexibility index (Phi) is 2.84. The number of rotatable bonds is 2. The minimum atomic E-state index is -0.609. The average molecular weight is 159 g/mol. The summed E-state index contributed by atoms with van der Waals surface area (Å²) in [7, 11) is 1.33. The van der Waals surface area contributed by atoms with Gasteiger partial charge in [0.05, 0.1) is 13.2 Å². The van der Waals surface area contributed by atoms with Crippen LogP contribution in [0, 0.1) is 0 Å². The molecule has 0 bridgehead atoms. The number of carbonyl (C=O) groups excluding carboxylic acids is 1. The zero-order chi connectivity index (χ0) is 8.27. The van der Waals surface area contributed by atoms with Gasteiger partial charge in [0, 0.05) is 6.61 Å². The Morgan fingerprint density at radius 1 is 1.82 bits per heavy atom. The fourth-order valence-corrected chi connectivity index (χ4v) is 1.17. The minimum absolute atomic E-state index is 0.137. The maximum absolute atomic E-state index is 10.9. The molecule has 1 heterocycles. The van der Waals surface area contributed by atoms with Crippen LogP contribution >= 0.6 is 0 Å². The summed E-state index contributed by atoms with van der Waals surface area (Å²) in [6.07, 6.45) is 1.70. The van der Waals surface area contributed by atoms with Gasteiger partial charge in [0.25, 0.3) is 0 Å². The summed E-state index contributed by atoms with van der Waals surface area (Å²) in [6, 6.07) is -0.609. The predicted octanol–water partition coefficient (Wildman–Crippen LogP) is -0.334. The first-order valence-corrected chi connectivity index (χ1v) is 3.70. The molecule has 4 nitrogen and oxygen atoms in total. The molecule has 4 heteroatoms. The van der Waals surface area contributed by atoms with Crippen molar-refractivity contribution < 1.29 is 14.3 Å². The highest BCUT2D eigenvalue weighted by atomic mass is 16.5. The summed E-state index contributed by atoms with van der Waals surface area (Å²) >= 11 is 0. The molecular formula is C7H13NO3. The molecule has 11 heavy (non-hydrogen) atoms. The smallest absolute Gasteiger partial charge is 0.325 e. The number of esters is 1. The fourth-order valence-electron chi connectivity index (χ4n) is 1.17. The zero-order valence-corrected chi connectivity index (χ0v) is 6.58. The van der Waals surface area contributed by atoms with Crippen molar-refractivity contribution in [2.24, 2.45) is 5.73 Å². The molecule has 1 fully saturated rings. The zero-order valence-electron chi connectivity index (χ0n) is 6.58. The number of hydrogen-bond acceptors (Lipinski definition) is 4. The summed E-state index contributed by atoms with van der Waals surface area (Å²) in [6.45, 7) is 0.704. The first-order chi connectivity index (χ1) is 5.25. The maximum atomic E-state index is 10.9. The van der Waals surface area contributed by atoms with Crippen molar-refractivity contribution >= 4 is 5.97 Å². The molecule has 2 unspecified atom stereocenters. The van der Waals surface area contributed by atoms with Crippen LogP contribution in [0.25, 0.3) is 0 Å². The molecular weight excluding hydrogens is 146 g/mol. The average Bonchev–Trinajstić information content (AvgIpc) is 2.53. The van der Waals surface area contributed by atoms with Gasteiger partial charge in [-0.25, -0.2) is 0 Å². The Labute approximate surface area is 65.7 Å². The summed E-state index contributed by atoms with van der Waals surface area (Å²) in [5.74, 6) is -0.392. The minimum Gasteiger partial charge on any atom is -0.468 e. The lowest BCUT2D eigenvalue weighted by molar-refractivity contribution is -0.145. The van der Waals surface area contributed by atoms with E-state index >= 15 is 0 Å². The van der Waals surface area contributed by atoms with Gasteiger partial charge >= 0.3 is 5.97 Å². The predicted molar refractivity (Wildman–Crippen MR) is 39.0 cm³/mol. The van der Waals surface area contributed by atoms with E-state index in [9.17, 15) is 4.79 Å². The van der Waals surface area contributed by atoms with Gasteiger partial charge in [0.2, 0.25) is 0 Å². The number of nitrogens with two attached hydrogens (primary N) is 1. The molecule has 0 saturated carbocycles. The number of ether oxygens (including phenoxy) is 2. The lowest BCUT2D eigenvalue weighted by atomic mass is 10.1. The van der Waals surface area contributed by atoms with Crippen molar-refractivity contribution in [2.75, 3.05) is 13.7 Å². The van der Waals surface area contributed by atoms with E-state index in [2.05, 4.69) is 4.74 Å². The SMILES string of the molecule is COC(=O)C(N)C1CCCO1. The molecule has 1 aliphatic heterocycles. The molecule has 2 N–H and O–H groups in total. The lowest BCUT2D eigenvalue weighted by Crippen LogP contribution is -2.42. The van der Waals surface area contributed by atoms with Crippen LogP contribution in [0.1, 0.15) is 12.8 Å². The third-order valence-electron chi connectivity index (χ3n) is 1.84. The quantitative estimate of drug-likeness (QED) is 0.560. The molecule has 1 rings (SSSR count). The van der Waals surface area contributed by atoms with Crippen molar-refractivity contribution in [1.29, 1.82) is 0 Å². The highest BCUT2D eigenvalue weighted by Gasteiger charge is 2.28. The summed E-state index contributed by atoms with van der Waals surface area (Å²) < 4.78 is 9.69. The normalized spacial score (nSPS) is 26.5. The number of methoxy groups -OCH3 is 1. The summed E-state index contributed by atoms with van der Waals surface area (Å²) in [5.41, 5.74) is 5.53. The molecule has 2 atom stereocenters. The van der Waals surface area contributed by atoms with Crippen LogP contribution in [0.15, 0.2) is 0 Å². The largest absolute Gasteiger partial charge is 0.468 e. The van der Waals surface area contributed by atoms with E-state index in [0.717, 1.165) is 12.8 Å². The van der Waals surface area contributed by atoms with E-state index in [1.54, 1.807) is 0 Å². The molecule has 0 aromatic carbocycles. The van der Waals surface area contributed by atoms with Gasteiger partial charge in [0.15, 0.2) is 0 Å². The van der Waals surface area contributed by atoms with Crippen LogP contribution in [-0.4, -0.2) is 31.8 Å². The van der Waals surface area contributed by atoms with Gasteiger partial charge in [0.1, 0.15) is 6.04 Å². The third kappa shape index (κ3) is 1.91. The Balaban J connectivity index is 2.39. The van der Waals surface area contributed by atoms with Gasteiger partial charge in [-0.1, -0.05) is 0 Å². The van der Waals surface area contributed by atoms with Gasteiger partial charge in [-0.2, -0.15) is 0 Å². The van der Waals surface area contributed by atoms with Gasteiger partial charge in [-0.3, -0.25) is 4.79 Å². The van der Waals surface area contributed by atoms with Crippen molar-refractivity contribution in [3.8, 4) is 0 Å². The second kappa shape index (κ2) is 3.69. The molecule has 0 spiro atoms. The Hall–Kier alpha value is -0.610. The van der Waals surface area contributed by atoms with E-state index in [1.807, 2.05) is 0 Å². The molecule has 0 amide bonds. The van der Waals surface area contributed by atoms with Crippen molar-refractivity contribution in [1.82, 2.24) is 0 Å². The molecule has 64 valence electrons. The fraction of sp³-hybridized carbons (Fsp3) is 0.857. The molecule has 0 aliphatic carbocycles. The van der Waals surface area contributed by atoms with Gasteiger partial charge < -0.3 is 15.2 Å². The maximum Gasteiger partial charge on any atom is 0.325 e. The van der Waals surface area contributed by atoms with Crippen molar-refractivity contribution in [2.45, 2.75) is 25.0 Å². The van der Waals surface area contributed by atoms with Crippen LogP contribution in [0.4, 0.5) is 0 Å². The van der Waals surface area contributed by atoms with E-state index < -0.39 is 12.0 Å². The molecule has 0 radical (unpaired) electrons. The van der Waals surface area contributed by atoms with Crippen LogP contribution in [0.3, 0.4) is 0 Å². The van der Waals surface area contributed by atoms with Crippen molar-refractivity contribution in [3.63, 3.8) is 0 Å². The second-order valence-corrected chi connectivity index (χ2v) is 2.60. The van der Waals surface area contributed by atoms with Crippen LogP contribution in [0.5, 0.6) is 0 Å². The highest BCUT2D eigenvalue weighted by Crippen LogP contribution is 2.14. The summed E-state index contributed by atoms with van der Waals surface area (Å²) in [5, 5.41) is 0. The number of hydrogen-bond donors (Lipinski definition) is 1. The first-order valence-electron chi connectivity index (χ1n) is 3.70. The Morgan fingerprint density at radius 3 is 3.00 bits per heavy atom. The van der Waals surface area contributed by atoms with E-state index in [-0.39, 0.29) is 6.10 Å². The first kappa shape index (κ1) is 8.49. The Bertz CT molecular complexity index is 143. The molecule has 1 aliphatic rings. The molecule has 1 saturated heterocycles. The molecule has 0 aromatic heterocycles. The monoisotopic (exact) mass is 159 g/mol.